The van der Waals surface area contributed by atoms with Gasteiger partial charge in [0.2, 0.25) is 23.6 Å². The molecule has 0 saturated carbocycles. The van der Waals surface area contributed by atoms with Gasteiger partial charge in [0.05, 0.1) is 12.1 Å². The van der Waals surface area contributed by atoms with Crippen LogP contribution in [0.3, 0.4) is 0 Å². The number of aliphatic hydroxyl groups is 1. The third-order valence-corrected chi connectivity index (χ3v) is 10.2. The van der Waals surface area contributed by atoms with Gasteiger partial charge in [-0.15, -0.1) is 16.9 Å². The molecule has 6 atom stereocenters. The first kappa shape index (κ1) is 35.2. The average Bonchev–Trinajstić information content (AvgIpc) is 3.77. The molecule has 0 spiro atoms. The number of rotatable bonds is 13. The van der Waals surface area contributed by atoms with Crippen LogP contribution < -0.4 is 21.7 Å². The van der Waals surface area contributed by atoms with Crippen molar-refractivity contribution in [3.63, 3.8) is 0 Å². The molecule has 254 valence electrons. The molecule has 18 heteroatoms. The Kier molecular flexibility index (Phi) is 12.1. The maximum Gasteiger partial charge on any atom is 0.353 e. The van der Waals surface area contributed by atoms with Crippen molar-refractivity contribution in [3.05, 3.63) is 16.9 Å². The summed E-state index contributed by atoms with van der Waals surface area (Å²) in [6.07, 6.45) is 1.96. The fourth-order valence-electron chi connectivity index (χ4n) is 6.02. The van der Waals surface area contributed by atoms with Crippen LogP contribution in [-0.2, 0) is 30.5 Å². The minimum absolute atomic E-state index is 0.0475. The lowest BCUT2D eigenvalue weighted by Crippen LogP contribution is -2.49. The van der Waals surface area contributed by atoms with Crippen molar-refractivity contribution in [2.75, 3.05) is 32.7 Å². The molecule has 1 aromatic rings. The van der Waals surface area contributed by atoms with Crippen molar-refractivity contribution < 1.29 is 34.2 Å². The van der Waals surface area contributed by atoms with Crippen molar-refractivity contribution >= 4 is 41.4 Å². The predicted octanol–water partition coefficient (Wildman–Crippen LogP) is -2.13. The second-order valence-corrected chi connectivity index (χ2v) is 13.5. The van der Waals surface area contributed by atoms with Crippen LogP contribution >= 0.6 is 11.8 Å². The first-order chi connectivity index (χ1) is 21.9. The van der Waals surface area contributed by atoms with Gasteiger partial charge in [-0.05, 0) is 43.5 Å². The summed E-state index contributed by atoms with van der Waals surface area (Å²) in [6, 6.07) is -1.39. The Bertz CT molecular complexity index is 1300. The minimum atomic E-state index is -1.20. The molecular formula is C28H44N10O7S. The standard InChI is InChI=1S/C28H44N10O7S/c1-15(33-22(40)13-37-14-32-34-35-37)8-23(41)38-17(3)16(2)25(24(38)28(44)45)46-20-9-21(30-12-20)27(43)36-6-4-18(5-7-36)26(42)31-11-19(39)10-29/h14-21,30,39H,4-13,29H2,1-3H3,(H,31,42)(H,33,40)(H,44,45)/t15-,16-,17+,19?,20+,21+/m1/s1. The molecule has 2 fully saturated rings. The first-order valence-electron chi connectivity index (χ1n) is 15.5. The fourth-order valence-corrected chi connectivity index (χ4v) is 7.56. The SMILES string of the molecule is C[C@H](CC(=O)N1C(C(=O)O)=C(S[C@@H]2CN[C@H](C(=O)N3CCC(C(=O)NCC(O)CN)CC3)C2)[C@H](C)[C@@H]1C)NC(=O)Cn1cnnn1. The number of piperidine rings is 1. The number of aliphatic carboxylic acids is 1. The Morgan fingerprint density at radius 3 is 2.54 bits per heavy atom. The second kappa shape index (κ2) is 15.8. The molecule has 2 saturated heterocycles. The molecule has 4 rings (SSSR count). The maximum atomic E-state index is 13.4. The van der Waals surface area contributed by atoms with Gasteiger partial charge in [-0.2, -0.15) is 0 Å². The van der Waals surface area contributed by atoms with E-state index in [4.69, 9.17) is 5.73 Å². The van der Waals surface area contributed by atoms with Gasteiger partial charge in [0, 0.05) is 73.2 Å². The molecule has 0 radical (unpaired) electrons. The topological polar surface area (TPSA) is 238 Å². The number of carboxylic acids is 1. The number of aromatic nitrogens is 4. The van der Waals surface area contributed by atoms with Gasteiger partial charge in [0.25, 0.3) is 0 Å². The summed E-state index contributed by atoms with van der Waals surface area (Å²) >= 11 is 1.40. The molecule has 7 N–H and O–H groups in total. The third kappa shape index (κ3) is 8.59. The summed E-state index contributed by atoms with van der Waals surface area (Å²) < 4.78 is 1.25. The molecule has 1 unspecified atom stereocenters. The molecule has 1 aromatic heterocycles. The molecule has 0 aliphatic carbocycles. The van der Waals surface area contributed by atoms with Crippen molar-refractivity contribution in [2.24, 2.45) is 17.6 Å². The zero-order valence-corrected chi connectivity index (χ0v) is 27.1. The maximum absolute atomic E-state index is 13.4. The van der Waals surface area contributed by atoms with E-state index >= 15 is 0 Å². The lowest BCUT2D eigenvalue weighted by atomic mass is 9.95. The summed E-state index contributed by atoms with van der Waals surface area (Å²) in [4.78, 5) is 67.6. The zero-order chi connectivity index (χ0) is 33.5. The summed E-state index contributed by atoms with van der Waals surface area (Å²) in [5.74, 6) is -2.66. The average molecular weight is 665 g/mol. The van der Waals surface area contributed by atoms with Gasteiger partial charge in [-0.3, -0.25) is 19.2 Å². The summed E-state index contributed by atoms with van der Waals surface area (Å²) in [6.45, 7) is 6.82. The molecule has 4 amide bonds. The van der Waals surface area contributed by atoms with E-state index in [0.29, 0.717) is 43.8 Å². The number of likely N-dealkylation sites (tertiary alicyclic amines) is 1. The van der Waals surface area contributed by atoms with E-state index in [9.17, 15) is 34.2 Å². The van der Waals surface area contributed by atoms with E-state index < -0.39 is 36.1 Å². The third-order valence-electron chi connectivity index (χ3n) is 8.72. The summed E-state index contributed by atoms with van der Waals surface area (Å²) in [5.41, 5.74) is 5.33. The number of carboxylic acid groups (broad SMARTS) is 1. The predicted molar refractivity (Wildman–Crippen MR) is 165 cm³/mol. The lowest BCUT2D eigenvalue weighted by Gasteiger charge is -2.33. The van der Waals surface area contributed by atoms with Gasteiger partial charge >= 0.3 is 5.97 Å². The summed E-state index contributed by atoms with van der Waals surface area (Å²) in [7, 11) is 0. The highest BCUT2D eigenvalue weighted by Crippen LogP contribution is 2.44. The van der Waals surface area contributed by atoms with Crippen molar-refractivity contribution in [1.29, 1.82) is 0 Å². The smallest absolute Gasteiger partial charge is 0.353 e. The molecule has 3 aliphatic rings. The van der Waals surface area contributed by atoms with E-state index in [1.165, 1.54) is 27.7 Å². The Balaban J connectivity index is 1.31. The normalized spacial score (nSPS) is 25.0. The van der Waals surface area contributed by atoms with E-state index in [1.54, 1.807) is 11.8 Å². The van der Waals surface area contributed by atoms with Crippen LogP contribution in [0.1, 0.15) is 46.5 Å². The highest BCUT2D eigenvalue weighted by atomic mass is 32.2. The van der Waals surface area contributed by atoms with E-state index in [0.717, 1.165) is 0 Å². The monoisotopic (exact) mass is 664 g/mol. The lowest BCUT2D eigenvalue weighted by molar-refractivity contribution is -0.140. The largest absolute Gasteiger partial charge is 0.477 e. The van der Waals surface area contributed by atoms with Crippen molar-refractivity contribution in [2.45, 2.75) is 82.5 Å². The van der Waals surface area contributed by atoms with Crippen molar-refractivity contribution in [3.8, 4) is 0 Å². The number of nitrogens with two attached hydrogens (primary N) is 1. The Labute approximate surface area is 271 Å². The van der Waals surface area contributed by atoms with Crippen LogP contribution in [0.15, 0.2) is 16.9 Å². The first-order valence-corrected chi connectivity index (χ1v) is 16.4. The van der Waals surface area contributed by atoms with Crippen LogP contribution in [0.2, 0.25) is 0 Å². The summed E-state index contributed by atoms with van der Waals surface area (Å²) in [5, 5.41) is 39.0. The highest BCUT2D eigenvalue weighted by molar-refractivity contribution is 8.03. The number of nitrogens with one attached hydrogen (secondary N) is 3. The number of amides is 4. The zero-order valence-electron chi connectivity index (χ0n) is 26.3. The number of nitrogens with zero attached hydrogens (tertiary/aromatic N) is 6. The van der Waals surface area contributed by atoms with Crippen LogP contribution in [0, 0.1) is 11.8 Å². The fraction of sp³-hybridized carbons (Fsp3) is 0.714. The van der Waals surface area contributed by atoms with Gasteiger partial charge in [0.15, 0.2) is 0 Å². The number of hydrogen-bond donors (Lipinski definition) is 6. The number of carbonyl (C=O) groups excluding carboxylic acids is 4. The molecule has 3 aliphatic heterocycles. The van der Waals surface area contributed by atoms with Crippen LogP contribution in [-0.4, -0.2) is 132 Å². The van der Waals surface area contributed by atoms with Crippen LogP contribution in [0.25, 0.3) is 0 Å². The molecule has 17 nitrogen and oxygen atoms in total. The van der Waals surface area contributed by atoms with Gasteiger partial charge < -0.3 is 41.7 Å². The van der Waals surface area contributed by atoms with Crippen LogP contribution in [0.5, 0.6) is 0 Å². The molecule has 0 aromatic carbocycles. The Morgan fingerprint density at radius 2 is 1.91 bits per heavy atom. The number of hydrogen-bond acceptors (Lipinski definition) is 12. The molecule has 46 heavy (non-hydrogen) atoms. The van der Waals surface area contributed by atoms with Crippen LogP contribution in [0.4, 0.5) is 0 Å². The van der Waals surface area contributed by atoms with Gasteiger partial charge in [-0.1, -0.05) is 6.92 Å². The Morgan fingerprint density at radius 1 is 1.20 bits per heavy atom. The number of tetrazole rings is 1. The molecular weight excluding hydrogens is 620 g/mol. The van der Waals surface area contributed by atoms with Gasteiger partial charge in [0.1, 0.15) is 18.6 Å². The van der Waals surface area contributed by atoms with Gasteiger partial charge in [-0.25, -0.2) is 9.48 Å². The molecule has 4 heterocycles. The minimum Gasteiger partial charge on any atom is -0.477 e. The van der Waals surface area contributed by atoms with Crippen molar-refractivity contribution in [1.82, 2.24) is 46.0 Å². The van der Waals surface area contributed by atoms with E-state index in [2.05, 4.69) is 31.5 Å². The number of thioether (sulfide) groups is 1. The Hall–Kier alpha value is -3.61. The quantitative estimate of drug-likeness (QED) is 0.132. The number of carbonyl (C=O) groups is 5. The second-order valence-electron chi connectivity index (χ2n) is 12.2. The van der Waals surface area contributed by atoms with E-state index in [1.807, 2.05) is 13.8 Å². The van der Waals surface area contributed by atoms with E-state index in [-0.39, 0.29) is 66.6 Å². The highest BCUT2D eigenvalue weighted by Gasteiger charge is 2.44. The number of aliphatic hydroxyl groups excluding tert-OH is 1. The molecule has 0 bridgehead atoms.